The van der Waals surface area contributed by atoms with E-state index in [9.17, 15) is 0 Å². The van der Waals surface area contributed by atoms with Crippen LogP contribution in [0, 0.1) is 11.3 Å². The number of nitrogens with two attached hydrogens (primary N) is 1. The van der Waals surface area contributed by atoms with Crippen LogP contribution in [-0.2, 0) is 0 Å². The van der Waals surface area contributed by atoms with Crippen molar-refractivity contribution >= 4 is 11.5 Å². The second-order valence-corrected chi connectivity index (χ2v) is 3.90. The van der Waals surface area contributed by atoms with Crippen molar-refractivity contribution in [2.75, 3.05) is 11.1 Å². The van der Waals surface area contributed by atoms with Crippen LogP contribution in [0.5, 0.6) is 0 Å². The largest absolute Gasteiger partial charge is 0.397 e. The Bertz CT molecular complexity index is 574. The Labute approximate surface area is 105 Å². The van der Waals surface area contributed by atoms with Crippen LogP contribution in [-0.4, -0.2) is 9.97 Å². The summed E-state index contributed by atoms with van der Waals surface area (Å²) in [6, 6.07) is 9.33. The monoisotopic (exact) mass is 239 g/mol. The highest BCUT2D eigenvalue weighted by Gasteiger charge is 2.10. The van der Waals surface area contributed by atoms with Gasteiger partial charge in [0.15, 0.2) is 0 Å². The molecule has 0 amide bonds. The van der Waals surface area contributed by atoms with Crippen molar-refractivity contribution in [1.29, 1.82) is 5.26 Å². The van der Waals surface area contributed by atoms with Crippen molar-refractivity contribution in [3.63, 3.8) is 0 Å². The molecular formula is C13H13N5. The summed E-state index contributed by atoms with van der Waals surface area (Å²) >= 11 is 0. The summed E-state index contributed by atoms with van der Waals surface area (Å²) < 4.78 is 0. The van der Waals surface area contributed by atoms with Crippen molar-refractivity contribution < 1.29 is 0 Å². The molecule has 5 nitrogen and oxygen atoms in total. The van der Waals surface area contributed by atoms with Gasteiger partial charge in [-0.1, -0.05) is 6.07 Å². The molecule has 2 aromatic heterocycles. The number of hydrogen-bond acceptors (Lipinski definition) is 5. The summed E-state index contributed by atoms with van der Waals surface area (Å²) in [4.78, 5) is 8.38. The van der Waals surface area contributed by atoms with Crippen LogP contribution in [0.1, 0.15) is 24.2 Å². The normalized spacial score (nSPS) is 11.6. The van der Waals surface area contributed by atoms with Crippen molar-refractivity contribution in [3.8, 4) is 6.07 Å². The zero-order chi connectivity index (χ0) is 13.0. The molecule has 5 heteroatoms. The number of nitrogen functional groups attached to an aromatic ring is 1. The summed E-state index contributed by atoms with van der Waals surface area (Å²) in [5.41, 5.74) is 7.38. The van der Waals surface area contributed by atoms with Gasteiger partial charge in [0.1, 0.15) is 11.9 Å². The third-order valence-electron chi connectivity index (χ3n) is 2.51. The van der Waals surface area contributed by atoms with E-state index in [1.807, 2.05) is 25.1 Å². The van der Waals surface area contributed by atoms with E-state index in [1.165, 1.54) is 6.20 Å². The predicted octanol–water partition coefficient (Wildman–Crippen LogP) is 2.10. The average molecular weight is 239 g/mol. The predicted molar refractivity (Wildman–Crippen MR) is 69.6 cm³/mol. The number of nitrogens with zero attached hydrogens (tertiary/aromatic N) is 3. The highest BCUT2D eigenvalue weighted by atomic mass is 15.0. The van der Waals surface area contributed by atoms with Crippen LogP contribution in [0.15, 0.2) is 36.7 Å². The van der Waals surface area contributed by atoms with E-state index in [1.54, 1.807) is 12.3 Å². The second kappa shape index (κ2) is 5.15. The Morgan fingerprint density at radius 2 is 2.22 bits per heavy atom. The lowest BCUT2D eigenvalue weighted by atomic mass is 10.2. The molecule has 2 heterocycles. The number of anilines is 2. The number of rotatable bonds is 3. The van der Waals surface area contributed by atoms with Gasteiger partial charge in [-0.05, 0) is 25.1 Å². The number of hydrogen-bond donors (Lipinski definition) is 2. The molecule has 0 aromatic carbocycles. The van der Waals surface area contributed by atoms with Gasteiger partial charge in [-0.15, -0.1) is 0 Å². The summed E-state index contributed by atoms with van der Waals surface area (Å²) in [5, 5.41) is 12.2. The summed E-state index contributed by atoms with van der Waals surface area (Å²) in [7, 11) is 0. The first-order valence-electron chi connectivity index (χ1n) is 5.54. The molecule has 3 N–H and O–H groups in total. The molecule has 0 aliphatic rings. The lowest BCUT2D eigenvalue weighted by Gasteiger charge is -2.14. The molecule has 0 aliphatic carbocycles. The minimum absolute atomic E-state index is 0.0329. The molecule has 2 aromatic rings. The number of aromatic nitrogens is 2. The Hall–Kier alpha value is -2.61. The first-order chi connectivity index (χ1) is 8.70. The topological polar surface area (TPSA) is 87.6 Å². The molecule has 0 fully saturated rings. The molecule has 2 rings (SSSR count). The maximum absolute atomic E-state index is 9.03. The summed E-state index contributed by atoms with van der Waals surface area (Å²) in [5.74, 6) is 0.518. The third-order valence-corrected chi connectivity index (χ3v) is 2.51. The summed E-state index contributed by atoms with van der Waals surface area (Å²) in [6.45, 7) is 1.96. The van der Waals surface area contributed by atoms with Gasteiger partial charge in [-0.3, -0.25) is 4.98 Å². The van der Waals surface area contributed by atoms with Gasteiger partial charge in [-0.2, -0.15) is 5.26 Å². The molecule has 90 valence electrons. The Kier molecular flexibility index (Phi) is 3.39. The molecule has 0 saturated carbocycles. The van der Waals surface area contributed by atoms with Gasteiger partial charge in [0.2, 0.25) is 0 Å². The van der Waals surface area contributed by atoms with Crippen LogP contribution >= 0.6 is 0 Å². The highest BCUT2D eigenvalue weighted by molar-refractivity contribution is 5.57. The number of pyridine rings is 2. The lowest BCUT2D eigenvalue weighted by Crippen LogP contribution is -2.10. The fourth-order valence-corrected chi connectivity index (χ4v) is 1.59. The smallest absolute Gasteiger partial charge is 0.144 e. The average Bonchev–Trinajstić information content (AvgIpc) is 2.41. The molecule has 1 unspecified atom stereocenters. The van der Waals surface area contributed by atoms with Crippen molar-refractivity contribution in [1.82, 2.24) is 9.97 Å². The van der Waals surface area contributed by atoms with E-state index < -0.39 is 0 Å². The minimum Gasteiger partial charge on any atom is -0.397 e. The van der Waals surface area contributed by atoms with Crippen molar-refractivity contribution in [2.24, 2.45) is 0 Å². The second-order valence-electron chi connectivity index (χ2n) is 3.90. The maximum atomic E-state index is 9.03. The van der Waals surface area contributed by atoms with E-state index in [2.05, 4.69) is 21.4 Å². The van der Waals surface area contributed by atoms with Gasteiger partial charge in [0.25, 0.3) is 0 Å². The van der Waals surface area contributed by atoms with E-state index >= 15 is 0 Å². The first kappa shape index (κ1) is 11.9. The molecule has 0 aliphatic heterocycles. The lowest BCUT2D eigenvalue weighted by molar-refractivity contribution is 0.831. The van der Waals surface area contributed by atoms with Crippen LogP contribution in [0.25, 0.3) is 0 Å². The zero-order valence-electron chi connectivity index (χ0n) is 9.96. The highest BCUT2D eigenvalue weighted by Crippen LogP contribution is 2.20. The SMILES string of the molecule is CC(Nc1ncc(N)cc1C#N)c1ccccn1. The van der Waals surface area contributed by atoms with E-state index in [-0.39, 0.29) is 6.04 Å². The minimum atomic E-state index is -0.0329. The van der Waals surface area contributed by atoms with Crippen LogP contribution in [0.2, 0.25) is 0 Å². The van der Waals surface area contributed by atoms with Gasteiger partial charge in [-0.25, -0.2) is 4.98 Å². The fraction of sp³-hybridized carbons (Fsp3) is 0.154. The van der Waals surface area contributed by atoms with Crippen molar-refractivity contribution in [2.45, 2.75) is 13.0 Å². The fourth-order valence-electron chi connectivity index (χ4n) is 1.59. The molecule has 0 spiro atoms. The standard InChI is InChI=1S/C13H13N5/c1-9(12-4-2-3-5-16-12)18-13-10(7-14)6-11(15)8-17-13/h2-6,8-9H,15H2,1H3,(H,17,18). The Balaban J connectivity index is 2.22. The molecule has 0 saturated heterocycles. The molecule has 0 radical (unpaired) electrons. The van der Waals surface area contributed by atoms with E-state index in [0.29, 0.717) is 17.1 Å². The van der Waals surface area contributed by atoms with Crippen LogP contribution in [0.3, 0.4) is 0 Å². The van der Waals surface area contributed by atoms with Gasteiger partial charge < -0.3 is 11.1 Å². The van der Waals surface area contributed by atoms with Gasteiger partial charge in [0, 0.05) is 6.20 Å². The van der Waals surface area contributed by atoms with Gasteiger partial charge >= 0.3 is 0 Å². The Morgan fingerprint density at radius 3 is 2.89 bits per heavy atom. The van der Waals surface area contributed by atoms with Crippen LogP contribution in [0.4, 0.5) is 11.5 Å². The quantitative estimate of drug-likeness (QED) is 0.856. The van der Waals surface area contributed by atoms with Crippen molar-refractivity contribution in [3.05, 3.63) is 47.9 Å². The van der Waals surface area contributed by atoms with E-state index in [4.69, 9.17) is 11.0 Å². The molecule has 0 bridgehead atoms. The maximum Gasteiger partial charge on any atom is 0.144 e. The molecule has 1 atom stereocenters. The summed E-state index contributed by atoms with van der Waals surface area (Å²) in [6.07, 6.45) is 3.25. The zero-order valence-corrected chi connectivity index (χ0v) is 9.96. The van der Waals surface area contributed by atoms with Crippen LogP contribution < -0.4 is 11.1 Å². The number of nitrogens with one attached hydrogen (secondary N) is 1. The first-order valence-corrected chi connectivity index (χ1v) is 5.54. The number of nitriles is 1. The molecule has 18 heavy (non-hydrogen) atoms. The van der Waals surface area contributed by atoms with E-state index in [0.717, 1.165) is 5.69 Å². The van der Waals surface area contributed by atoms with Gasteiger partial charge in [0.05, 0.1) is 29.2 Å². The third kappa shape index (κ3) is 2.55. The molecular weight excluding hydrogens is 226 g/mol. The Morgan fingerprint density at radius 1 is 1.39 bits per heavy atom.